The molecule has 1 heterocycles. The predicted molar refractivity (Wildman–Crippen MR) is 99.8 cm³/mol. The Morgan fingerprint density at radius 1 is 1.15 bits per heavy atom. The molecule has 0 radical (unpaired) electrons. The van der Waals surface area contributed by atoms with Crippen LogP contribution >= 0.6 is 11.3 Å². The third-order valence-electron chi connectivity index (χ3n) is 3.59. The predicted octanol–water partition coefficient (Wildman–Crippen LogP) is 3.60. The molecule has 0 fully saturated rings. The average molecular weight is 375 g/mol. The number of anilines is 1. The van der Waals surface area contributed by atoms with Crippen molar-refractivity contribution in [3.63, 3.8) is 0 Å². The number of ketones is 1. The fourth-order valence-corrected chi connectivity index (χ4v) is 3.01. The largest absolute Gasteiger partial charge is 0.497 e. The molecule has 0 unspecified atom stereocenters. The van der Waals surface area contributed by atoms with Gasteiger partial charge in [0.15, 0.2) is 11.9 Å². The van der Waals surface area contributed by atoms with Crippen molar-refractivity contribution >= 4 is 34.7 Å². The number of benzene rings is 1. The number of carbonyl (C=O) groups is 3. The van der Waals surface area contributed by atoms with Gasteiger partial charge in [-0.15, -0.1) is 11.3 Å². The van der Waals surface area contributed by atoms with E-state index in [2.05, 4.69) is 5.32 Å². The maximum Gasteiger partial charge on any atom is 0.307 e. The lowest BCUT2D eigenvalue weighted by atomic mass is 10.2. The van der Waals surface area contributed by atoms with Crippen LogP contribution in [0.1, 0.15) is 34.3 Å². The van der Waals surface area contributed by atoms with Gasteiger partial charge in [-0.1, -0.05) is 6.07 Å². The topological polar surface area (TPSA) is 81.7 Å². The number of rotatable bonds is 8. The minimum Gasteiger partial charge on any atom is -0.497 e. The minimum absolute atomic E-state index is 0.0585. The summed E-state index contributed by atoms with van der Waals surface area (Å²) in [5, 5.41) is 2.65. The lowest BCUT2D eigenvalue weighted by Crippen LogP contribution is -2.30. The summed E-state index contributed by atoms with van der Waals surface area (Å²) in [5.41, 5.74) is 0.542. The highest BCUT2D eigenvalue weighted by Gasteiger charge is 2.19. The molecule has 0 saturated carbocycles. The Hall–Kier alpha value is -2.67. The van der Waals surface area contributed by atoms with Crippen LogP contribution in [0.4, 0.5) is 5.69 Å². The number of carbonyl (C=O) groups excluding carboxylic acids is 3. The summed E-state index contributed by atoms with van der Waals surface area (Å²) in [4.78, 5) is 37.7. The number of nitrogens with one attached hydrogen (secondary N) is 1. The van der Waals surface area contributed by atoms with Gasteiger partial charge < -0.3 is 14.8 Å². The van der Waals surface area contributed by atoms with Crippen molar-refractivity contribution in [1.82, 2.24) is 0 Å². The van der Waals surface area contributed by atoms with E-state index in [0.29, 0.717) is 16.3 Å². The lowest BCUT2D eigenvalue weighted by Gasteiger charge is -2.13. The Morgan fingerprint density at radius 3 is 2.58 bits per heavy atom. The SMILES string of the molecule is COc1cccc(NC(=O)[C@@H](C)OC(=O)CCC(=O)c2ccc(C)s2)c1. The first-order valence-electron chi connectivity index (χ1n) is 8.13. The number of thiophene rings is 1. The summed E-state index contributed by atoms with van der Waals surface area (Å²) in [5.74, 6) is -0.532. The van der Waals surface area contributed by atoms with E-state index < -0.39 is 18.0 Å². The average Bonchev–Trinajstić information content (AvgIpc) is 3.06. The molecule has 2 rings (SSSR count). The Labute approximate surface area is 156 Å². The van der Waals surface area contributed by atoms with Crippen LogP contribution in [0.25, 0.3) is 0 Å². The van der Waals surface area contributed by atoms with Crippen molar-refractivity contribution in [3.05, 3.63) is 46.2 Å². The van der Waals surface area contributed by atoms with Gasteiger partial charge in [0, 0.05) is 23.1 Å². The second-order valence-electron chi connectivity index (χ2n) is 5.69. The van der Waals surface area contributed by atoms with Gasteiger partial charge in [0.25, 0.3) is 5.91 Å². The van der Waals surface area contributed by atoms with Gasteiger partial charge in [0.05, 0.1) is 18.4 Å². The van der Waals surface area contributed by atoms with Gasteiger partial charge in [-0.3, -0.25) is 14.4 Å². The van der Waals surface area contributed by atoms with Gasteiger partial charge >= 0.3 is 5.97 Å². The second-order valence-corrected chi connectivity index (χ2v) is 6.97. The molecule has 0 saturated heterocycles. The summed E-state index contributed by atoms with van der Waals surface area (Å²) >= 11 is 1.39. The number of ether oxygens (including phenoxy) is 2. The smallest absolute Gasteiger partial charge is 0.307 e. The number of esters is 1. The van der Waals surface area contributed by atoms with Gasteiger partial charge in [0.1, 0.15) is 5.75 Å². The molecule has 0 bridgehead atoms. The number of hydrogen-bond donors (Lipinski definition) is 1. The molecule has 7 heteroatoms. The maximum absolute atomic E-state index is 12.1. The van der Waals surface area contributed by atoms with E-state index in [-0.39, 0.29) is 18.6 Å². The monoisotopic (exact) mass is 375 g/mol. The van der Waals surface area contributed by atoms with Gasteiger partial charge in [0.2, 0.25) is 0 Å². The highest BCUT2D eigenvalue weighted by atomic mass is 32.1. The van der Waals surface area contributed by atoms with Crippen LogP contribution in [0.2, 0.25) is 0 Å². The quantitative estimate of drug-likeness (QED) is 0.563. The molecule has 1 aromatic heterocycles. The number of amides is 1. The Balaban J connectivity index is 1.80. The van der Waals surface area contributed by atoms with Crippen molar-refractivity contribution in [2.75, 3.05) is 12.4 Å². The number of Topliss-reactive ketones (excluding diaryl/α,β-unsaturated/α-hetero) is 1. The molecule has 1 N–H and O–H groups in total. The third-order valence-corrected chi connectivity index (χ3v) is 4.63. The molecule has 1 aromatic carbocycles. The third kappa shape index (κ3) is 5.70. The number of methoxy groups -OCH3 is 1. The Kier molecular flexibility index (Phi) is 6.91. The molecule has 26 heavy (non-hydrogen) atoms. The normalized spacial score (nSPS) is 11.5. The van der Waals surface area contributed by atoms with Crippen molar-refractivity contribution < 1.29 is 23.9 Å². The van der Waals surface area contributed by atoms with Crippen molar-refractivity contribution in [1.29, 1.82) is 0 Å². The van der Waals surface area contributed by atoms with E-state index in [1.807, 2.05) is 13.0 Å². The summed E-state index contributed by atoms with van der Waals surface area (Å²) < 4.78 is 10.2. The van der Waals surface area contributed by atoms with E-state index in [1.165, 1.54) is 25.4 Å². The minimum atomic E-state index is -0.965. The maximum atomic E-state index is 12.1. The number of aryl methyl sites for hydroxylation is 1. The summed E-state index contributed by atoms with van der Waals surface area (Å²) in [6.45, 7) is 3.40. The molecule has 6 nitrogen and oxygen atoms in total. The summed E-state index contributed by atoms with van der Waals surface area (Å²) in [6.07, 6.45) is -0.969. The first-order valence-corrected chi connectivity index (χ1v) is 8.94. The van der Waals surface area contributed by atoms with Crippen LogP contribution in [0.3, 0.4) is 0 Å². The van der Waals surface area contributed by atoms with Crippen molar-refractivity contribution in [2.45, 2.75) is 32.8 Å². The molecule has 0 aliphatic carbocycles. The van der Waals surface area contributed by atoms with Crippen LogP contribution in [0.15, 0.2) is 36.4 Å². The van der Waals surface area contributed by atoms with Crippen molar-refractivity contribution in [2.24, 2.45) is 0 Å². The fraction of sp³-hybridized carbons (Fsp3) is 0.316. The van der Waals surface area contributed by atoms with E-state index in [0.717, 1.165) is 4.88 Å². The highest BCUT2D eigenvalue weighted by molar-refractivity contribution is 7.14. The van der Waals surface area contributed by atoms with Crippen LogP contribution in [-0.2, 0) is 14.3 Å². The molecule has 0 aliphatic heterocycles. The van der Waals surface area contributed by atoms with E-state index in [9.17, 15) is 14.4 Å². The van der Waals surface area contributed by atoms with Crippen LogP contribution in [-0.4, -0.2) is 30.9 Å². The molecular weight excluding hydrogens is 354 g/mol. The molecule has 0 spiro atoms. The lowest BCUT2D eigenvalue weighted by molar-refractivity contribution is -0.153. The Morgan fingerprint density at radius 2 is 1.92 bits per heavy atom. The van der Waals surface area contributed by atoms with Crippen LogP contribution in [0.5, 0.6) is 5.75 Å². The fourth-order valence-electron chi connectivity index (χ4n) is 2.18. The van der Waals surface area contributed by atoms with Gasteiger partial charge in [-0.2, -0.15) is 0 Å². The van der Waals surface area contributed by atoms with Crippen LogP contribution in [0, 0.1) is 6.92 Å². The standard InChI is InChI=1S/C19H21NO5S/c1-12-7-9-17(26-12)16(21)8-10-18(22)25-13(2)19(23)20-14-5-4-6-15(11-14)24-3/h4-7,9,11,13H,8,10H2,1-3H3,(H,20,23)/t13-/m1/s1. The highest BCUT2D eigenvalue weighted by Crippen LogP contribution is 2.18. The number of hydrogen-bond acceptors (Lipinski definition) is 6. The first-order chi connectivity index (χ1) is 12.4. The van der Waals surface area contributed by atoms with E-state index in [4.69, 9.17) is 9.47 Å². The zero-order valence-electron chi connectivity index (χ0n) is 14.9. The molecule has 1 atom stereocenters. The first kappa shape index (κ1) is 19.7. The van der Waals surface area contributed by atoms with Crippen molar-refractivity contribution in [3.8, 4) is 5.75 Å². The molecule has 0 aliphatic rings. The van der Waals surface area contributed by atoms with Crippen LogP contribution < -0.4 is 10.1 Å². The van der Waals surface area contributed by atoms with E-state index >= 15 is 0 Å². The zero-order chi connectivity index (χ0) is 19.1. The Bertz CT molecular complexity index is 799. The second kappa shape index (κ2) is 9.15. The summed E-state index contributed by atoms with van der Waals surface area (Å²) in [7, 11) is 1.53. The van der Waals surface area contributed by atoms with Gasteiger partial charge in [-0.25, -0.2) is 0 Å². The summed E-state index contributed by atoms with van der Waals surface area (Å²) in [6, 6.07) is 10.5. The molecule has 2 aromatic rings. The molecule has 1 amide bonds. The van der Waals surface area contributed by atoms with E-state index in [1.54, 1.807) is 30.3 Å². The molecular formula is C19H21NO5S. The molecule has 138 valence electrons. The zero-order valence-corrected chi connectivity index (χ0v) is 15.7. The van der Waals surface area contributed by atoms with Gasteiger partial charge in [-0.05, 0) is 38.1 Å².